The minimum atomic E-state index is -1.07. The van der Waals surface area contributed by atoms with Crippen molar-refractivity contribution < 1.29 is 9.84 Å². The van der Waals surface area contributed by atoms with Crippen LogP contribution in [0.15, 0.2) is 30.6 Å². The first kappa shape index (κ1) is 18.0. The van der Waals surface area contributed by atoms with Gasteiger partial charge in [0.05, 0.1) is 35.4 Å². The number of aromatic amines is 1. The highest BCUT2D eigenvalue weighted by Crippen LogP contribution is 2.46. The van der Waals surface area contributed by atoms with E-state index in [0.717, 1.165) is 18.5 Å². The average molecular weight is 393 g/mol. The molecule has 4 N–H and O–H groups in total. The molecule has 2 fully saturated rings. The van der Waals surface area contributed by atoms with E-state index in [4.69, 9.17) is 15.1 Å². The second-order valence-corrected chi connectivity index (χ2v) is 7.79. The molecule has 1 unspecified atom stereocenters. The molecule has 0 aromatic carbocycles. The predicted molar refractivity (Wildman–Crippen MR) is 107 cm³/mol. The molecule has 5 heterocycles. The van der Waals surface area contributed by atoms with Gasteiger partial charge < -0.3 is 20.6 Å². The van der Waals surface area contributed by atoms with Crippen molar-refractivity contribution in [1.82, 2.24) is 25.0 Å². The van der Waals surface area contributed by atoms with E-state index in [-0.39, 0.29) is 12.2 Å². The molecule has 2 aliphatic rings. The van der Waals surface area contributed by atoms with Crippen LogP contribution >= 0.6 is 0 Å². The molecule has 3 atom stereocenters. The van der Waals surface area contributed by atoms with E-state index in [9.17, 15) is 5.11 Å². The van der Waals surface area contributed by atoms with Gasteiger partial charge >= 0.3 is 0 Å². The Morgan fingerprint density at radius 2 is 2.10 bits per heavy atom. The lowest BCUT2D eigenvalue weighted by Crippen LogP contribution is -2.39. The zero-order valence-corrected chi connectivity index (χ0v) is 16.1. The standard InChI is InChI=1S/C20H23N7O2/c1-27-17(4-7-23-27)16-8-15(20(28)9-12-2-3-13(10-20)29-12)14(11-21)19(24-16)25-18-5-6-22-26-18/h4-8,11-13,21,28H,2-3,9-10H2,1H3,(H2,22,24,25,26)/t12-,13+,20?. The molecular formula is C20H23N7O2. The lowest BCUT2D eigenvalue weighted by molar-refractivity contribution is -0.115. The number of anilines is 2. The van der Waals surface area contributed by atoms with Crippen LogP contribution in [0.5, 0.6) is 0 Å². The van der Waals surface area contributed by atoms with Crippen molar-refractivity contribution in [1.29, 1.82) is 5.41 Å². The number of hydrogen-bond donors (Lipinski definition) is 4. The Morgan fingerprint density at radius 1 is 1.31 bits per heavy atom. The number of pyridine rings is 1. The zero-order valence-electron chi connectivity index (χ0n) is 16.1. The third kappa shape index (κ3) is 3.12. The topological polar surface area (TPSA) is 125 Å². The number of hydrogen-bond acceptors (Lipinski definition) is 7. The van der Waals surface area contributed by atoms with Crippen LogP contribution in [0, 0.1) is 5.41 Å². The van der Waals surface area contributed by atoms with E-state index in [0.29, 0.717) is 41.3 Å². The fourth-order valence-electron chi connectivity index (χ4n) is 4.53. The van der Waals surface area contributed by atoms with Crippen molar-refractivity contribution in [2.24, 2.45) is 7.05 Å². The first-order chi connectivity index (χ1) is 14.1. The molecule has 9 nitrogen and oxygen atoms in total. The second kappa shape index (κ2) is 6.78. The zero-order chi connectivity index (χ0) is 20.0. The van der Waals surface area contributed by atoms with Gasteiger partial charge in [-0.15, -0.1) is 0 Å². The number of nitrogens with one attached hydrogen (secondary N) is 3. The second-order valence-electron chi connectivity index (χ2n) is 7.79. The van der Waals surface area contributed by atoms with E-state index in [1.807, 2.05) is 19.2 Å². The summed E-state index contributed by atoms with van der Waals surface area (Å²) in [6.45, 7) is 0. The molecule has 29 heavy (non-hydrogen) atoms. The summed E-state index contributed by atoms with van der Waals surface area (Å²) >= 11 is 0. The highest BCUT2D eigenvalue weighted by molar-refractivity contribution is 5.89. The summed E-state index contributed by atoms with van der Waals surface area (Å²) in [6.07, 6.45) is 7.67. The monoisotopic (exact) mass is 393 g/mol. The molecule has 2 saturated heterocycles. The van der Waals surface area contributed by atoms with Gasteiger partial charge in [0.25, 0.3) is 0 Å². The van der Waals surface area contributed by atoms with Crippen molar-refractivity contribution >= 4 is 17.9 Å². The molecule has 9 heteroatoms. The number of nitrogens with zero attached hydrogens (tertiary/aromatic N) is 4. The maximum atomic E-state index is 11.7. The first-order valence-corrected chi connectivity index (χ1v) is 9.74. The predicted octanol–water partition coefficient (Wildman–Crippen LogP) is 2.48. The third-order valence-corrected chi connectivity index (χ3v) is 5.87. The Morgan fingerprint density at radius 3 is 2.72 bits per heavy atom. The number of fused-ring (bicyclic) bond motifs is 2. The summed E-state index contributed by atoms with van der Waals surface area (Å²) in [5, 5.41) is 34.0. The van der Waals surface area contributed by atoms with Gasteiger partial charge in [-0.05, 0) is 30.5 Å². The lowest BCUT2D eigenvalue weighted by atomic mass is 9.81. The van der Waals surface area contributed by atoms with Gasteiger partial charge in [-0.2, -0.15) is 10.2 Å². The number of ether oxygens (including phenoxy) is 1. The highest BCUT2D eigenvalue weighted by atomic mass is 16.5. The summed E-state index contributed by atoms with van der Waals surface area (Å²) in [5.41, 5.74) is 1.70. The Kier molecular flexibility index (Phi) is 4.21. The number of aliphatic hydroxyl groups is 1. The molecule has 5 rings (SSSR count). The minimum Gasteiger partial charge on any atom is -0.385 e. The smallest absolute Gasteiger partial charge is 0.141 e. The van der Waals surface area contributed by atoms with E-state index >= 15 is 0 Å². The molecule has 0 aliphatic carbocycles. The number of aryl methyl sites for hydroxylation is 1. The Hall–Kier alpha value is -3.04. The maximum absolute atomic E-state index is 11.7. The molecule has 3 aromatic heterocycles. The van der Waals surface area contributed by atoms with Gasteiger partial charge in [0.2, 0.25) is 0 Å². The first-order valence-electron chi connectivity index (χ1n) is 9.74. The Bertz CT molecular complexity index is 1030. The Balaban J connectivity index is 1.68. The van der Waals surface area contributed by atoms with E-state index < -0.39 is 5.60 Å². The van der Waals surface area contributed by atoms with Crippen LogP contribution in [0.2, 0.25) is 0 Å². The van der Waals surface area contributed by atoms with Crippen LogP contribution in [0.1, 0.15) is 36.8 Å². The van der Waals surface area contributed by atoms with E-state index in [1.165, 1.54) is 6.21 Å². The van der Waals surface area contributed by atoms with Crippen molar-refractivity contribution in [3.8, 4) is 11.4 Å². The minimum absolute atomic E-state index is 0.0506. The summed E-state index contributed by atoms with van der Waals surface area (Å²) in [6, 6.07) is 5.56. The third-order valence-electron chi connectivity index (χ3n) is 5.87. The largest absolute Gasteiger partial charge is 0.385 e. The molecule has 0 amide bonds. The van der Waals surface area contributed by atoms with Gasteiger partial charge in [0, 0.05) is 43.9 Å². The van der Waals surface area contributed by atoms with Crippen molar-refractivity contribution in [3.05, 3.63) is 41.7 Å². The molecule has 0 spiro atoms. The molecule has 2 bridgehead atoms. The fraction of sp³-hybridized carbons (Fsp3) is 0.400. The molecule has 150 valence electrons. The van der Waals surface area contributed by atoms with Crippen LogP contribution in [-0.4, -0.2) is 48.5 Å². The van der Waals surface area contributed by atoms with Gasteiger partial charge in [-0.1, -0.05) is 0 Å². The molecular weight excluding hydrogens is 370 g/mol. The summed E-state index contributed by atoms with van der Waals surface area (Å²) in [4.78, 5) is 4.75. The van der Waals surface area contributed by atoms with E-state index in [1.54, 1.807) is 23.1 Å². The number of aromatic nitrogens is 5. The maximum Gasteiger partial charge on any atom is 0.141 e. The van der Waals surface area contributed by atoms with Crippen molar-refractivity contribution in [2.45, 2.75) is 43.5 Å². The van der Waals surface area contributed by atoms with Crippen molar-refractivity contribution in [3.63, 3.8) is 0 Å². The van der Waals surface area contributed by atoms with Crippen LogP contribution in [0.3, 0.4) is 0 Å². The fourth-order valence-corrected chi connectivity index (χ4v) is 4.53. The van der Waals surface area contributed by atoms with Gasteiger partial charge in [0.1, 0.15) is 11.6 Å². The molecule has 3 aromatic rings. The lowest BCUT2D eigenvalue weighted by Gasteiger charge is -2.38. The quantitative estimate of drug-likeness (QED) is 0.494. The van der Waals surface area contributed by atoms with Crippen LogP contribution in [-0.2, 0) is 17.4 Å². The van der Waals surface area contributed by atoms with Gasteiger partial charge in [-0.3, -0.25) is 9.78 Å². The SMILES string of the molecule is Cn1nccc1-c1cc(C2(O)C[C@H]3CC[C@@H](C2)O3)c(C=N)c(Nc2ccn[nH]2)n1. The van der Waals surface area contributed by atoms with E-state index in [2.05, 4.69) is 20.6 Å². The molecule has 2 aliphatic heterocycles. The van der Waals surface area contributed by atoms with Crippen molar-refractivity contribution in [2.75, 3.05) is 5.32 Å². The van der Waals surface area contributed by atoms with Crippen LogP contribution in [0.25, 0.3) is 11.4 Å². The molecule has 0 radical (unpaired) electrons. The summed E-state index contributed by atoms with van der Waals surface area (Å²) in [7, 11) is 1.85. The van der Waals surface area contributed by atoms with Gasteiger partial charge in [0.15, 0.2) is 0 Å². The average Bonchev–Trinajstić information content (AvgIpc) is 3.43. The van der Waals surface area contributed by atoms with Gasteiger partial charge in [-0.25, -0.2) is 4.98 Å². The Labute approximate surface area is 167 Å². The number of H-pyrrole nitrogens is 1. The highest BCUT2D eigenvalue weighted by Gasteiger charge is 2.46. The molecule has 0 saturated carbocycles. The normalized spacial score (nSPS) is 25.9. The summed E-state index contributed by atoms with van der Waals surface area (Å²) in [5.74, 6) is 1.15. The van der Waals surface area contributed by atoms with Crippen LogP contribution < -0.4 is 5.32 Å². The summed E-state index contributed by atoms with van der Waals surface area (Å²) < 4.78 is 7.69. The van der Waals surface area contributed by atoms with Crippen LogP contribution in [0.4, 0.5) is 11.6 Å². The number of rotatable bonds is 5.